The molecule has 4 rings (SSSR count). The Hall–Kier alpha value is -0.950. The van der Waals surface area contributed by atoms with Crippen molar-refractivity contribution >= 4 is 40.6 Å². The third-order valence-corrected chi connectivity index (χ3v) is 6.31. The number of piperazine rings is 1. The van der Waals surface area contributed by atoms with Crippen LogP contribution >= 0.6 is 23.4 Å². The average molecular weight is 447 g/mol. The van der Waals surface area contributed by atoms with Crippen molar-refractivity contribution in [2.45, 2.75) is 9.79 Å². The molecule has 2 aromatic carbocycles. The monoisotopic (exact) mass is 445 g/mol. The van der Waals surface area contributed by atoms with E-state index in [1.165, 1.54) is 4.90 Å². The summed E-state index contributed by atoms with van der Waals surface area (Å²) in [6.07, 6.45) is 0. The summed E-state index contributed by atoms with van der Waals surface area (Å²) >= 11 is 7.92. The number of rotatable bonds is 2. The quantitative estimate of drug-likeness (QED) is 0.483. The van der Waals surface area contributed by atoms with Gasteiger partial charge in [-0.15, -0.1) is 0 Å². The van der Waals surface area contributed by atoms with Gasteiger partial charge in [0.15, 0.2) is 6.54 Å². The van der Waals surface area contributed by atoms with Crippen LogP contribution in [-0.4, -0.2) is 45.7 Å². The summed E-state index contributed by atoms with van der Waals surface area (Å²) in [5.74, 6) is 0.144. The molecule has 1 amide bonds. The molecule has 2 aromatic rings. The molecule has 0 spiro atoms. The largest absolute Gasteiger partial charge is 1.00 e. The van der Waals surface area contributed by atoms with Gasteiger partial charge in [0.1, 0.15) is 26.2 Å². The van der Waals surface area contributed by atoms with E-state index in [0.717, 1.165) is 47.3 Å². The highest BCUT2D eigenvalue weighted by molar-refractivity contribution is 7.99. The zero-order chi connectivity index (χ0) is 17.4. The van der Waals surface area contributed by atoms with Crippen molar-refractivity contribution in [3.05, 3.63) is 47.5 Å². The lowest BCUT2D eigenvalue weighted by Crippen LogP contribution is -3.27. The number of anilines is 2. The zero-order valence-corrected chi connectivity index (χ0v) is 18.1. The maximum Gasteiger partial charge on any atom is 0.286 e. The third-order valence-electron chi connectivity index (χ3n) is 4.95. The standard InChI is InChI=1S/C19H20ClN3OS.2ClH/c1-21-8-10-22(11-9-21)13-19(24)23-15-4-2-3-5-17(15)25-18-7-6-14(20)12-16(18)23;;/h2-7,12H,8-11,13H2,1H3;2*1H. The van der Waals surface area contributed by atoms with Gasteiger partial charge in [0.05, 0.1) is 18.4 Å². The maximum absolute atomic E-state index is 13.2. The predicted octanol–water partition coefficient (Wildman–Crippen LogP) is -5.11. The number of nitrogens with one attached hydrogen (secondary N) is 2. The van der Waals surface area contributed by atoms with Crippen molar-refractivity contribution in [2.24, 2.45) is 0 Å². The van der Waals surface area contributed by atoms with E-state index in [-0.39, 0.29) is 30.7 Å². The van der Waals surface area contributed by atoms with Crippen LogP contribution in [0.1, 0.15) is 0 Å². The van der Waals surface area contributed by atoms with Crippen molar-refractivity contribution in [3.63, 3.8) is 0 Å². The maximum atomic E-state index is 13.2. The number of carbonyl (C=O) groups excluding carboxylic acids is 1. The Morgan fingerprint density at radius 2 is 1.70 bits per heavy atom. The summed E-state index contributed by atoms with van der Waals surface area (Å²) in [6, 6.07) is 13.9. The number of nitrogens with zero attached hydrogens (tertiary/aromatic N) is 1. The van der Waals surface area contributed by atoms with Crippen LogP contribution in [0.3, 0.4) is 0 Å². The van der Waals surface area contributed by atoms with Gasteiger partial charge in [-0.05, 0) is 30.3 Å². The van der Waals surface area contributed by atoms with Crippen molar-refractivity contribution in [2.75, 3.05) is 44.7 Å². The Morgan fingerprint density at radius 1 is 1.04 bits per heavy atom. The lowest BCUT2D eigenvalue weighted by molar-refractivity contribution is -1.000. The second-order valence-electron chi connectivity index (χ2n) is 6.79. The van der Waals surface area contributed by atoms with Gasteiger partial charge < -0.3 is 34.6 Å². The van der Waals surface area contributed by atoms with E-state index < -0.39 is 0 Å². The fourth-order valence-electron chi connectivity index (χ4n) is 3.50. The van der Waals surface area contributed by atoms with Gasteiger partial charge in [-0.2, -0.15) is 0 Å². The second-order valence-corrected chi connectivity index (χ2v) is 8.32. The summed E-state index contributed by atoms with van der Waals surface area (Å²) in [4.78, 5) is 20.2. The van der Waals surface area contributed by atoms with Crippen LogP contribution in [0.25, 0.3) is 0 Å². The first kappa shape index (κ1) is 22.3. The molecular weight excluding hydrogens is 425 g/mol. The van der Waals surface area contributed by atoms with E-state index >= 15 is 0 Å². The van der Waals surface area contributed by atoms with Crippen LogP contribution < -0.4 is 39.5 Å². The van der Waals surface area contributed by atoms with Crippen molar-refractivity contribution in [3.8, 4) is 0 Å². The molecule has 0 radical (unpaired) electrons. The molecule has 0 bridgehead atoms. The summed E-state index contributed by atoms with van der Waals surface area (Å²) in [6.45, 7) is 4.86. The molecule has 2 heterocycles. The summed E-state index contributed by atoms with van der Waals surface area (Å²) in [5.41, 5.74) is 1.87. The number of benzene rings is 2. The molecule has 2 N–H and O–H groups in total. The fraction of sp³-hybridized carbons (Fsp3) is 0.316. The summed E-state index contributed by atoms with van der Waals surface area (Å²) in [5, 5.41) is 0.659. The normalized spacial score (nSPS) is 20.6. The number of amides is 1. The Labute approximate surface area is 181 Å². The highest BCUT2D eigenvalue weighted by Crippen LogP contribution is 2.48. The number of hydrogen-bond donors (Lipinski definition) is 2. The van der Waals surface area contributed by atoms with Gasteiger partial charge in [-0.1, -0.05) is 35.5 Å². The molecule has 8 heteroatoms. The fourth-order valence-corrected chi connectivity index (χ4v) is 4.70. The minimum atomic E-state index is 0. The Kier molecular flexibility index (Phi) is 7.86. The molecule has 2 aliphatic rings. The van der Waals surface area contributed by atoms with Gasteiger partial charge in [0, 0.05) is 14.8 Å². The minimum absolute atomic E-state index is 0. The number of likely N-dealkylation sites (N-methyl/N-ethyl adjacent to an activating group) is 1. The molecule has 0 aliphatic carbocycles. The van der Waals surface area contributed by atoms with Gasteiger partial charge in [0.25, 0.3) is 5.91 Å². The molecule has 4 nitrogen and oxygen atoms in total. The molecule has 0 atom stereocenters. The van der Waals surface area contributed by atoms with E-state index in [1.807, 2.05) is 41.3 Å². The smallest absolute Gasteiger partial charge is 0.286 e. The number of hydrogen-bond acceptors (Lipinski definition) is 2. The van der Waals surface area contributed by atoms with Gasteiger partial charge >= 0.3 is 0 Å². The van der Waals surface area contributed by atoms with Crippen molar-refractivity contribution in [1.29, 1.82) is 0 Å². The van der Waals surface area contributed by atoms with Crippen LogP contribution in [0, 0.1) is 0 Å². The highest BCUT2D eigenvalue weighted by atomic mass is 35.5. The van der Waals surface area contributed by atoms with Crippen molar-refractivity contribution < 1.29 is 39.4 Å². The molecule has 146 valence electrons. The van der Waals surface area contributed by atoms with Gasteiger partial charge in [-0.25, -0.2) is 0 Å². The topological polar surface area (TPSA) is 29.2 Å². The molecule has 0 unspecified atom stereocenters. The first-order valence-electron chi connectivity index (χ1n) is 8.66. The number of carbonyl (C=O) groups is 1. The SMILES string of the molecule is C[NH+]1CC[NH+](CC(=O)N2c3ccccc3Sc3ccc(Cl)cc32)CC1.[Cl-].[Cl-]. The zero-order valence-electron chi connectivity index (χ0n) is 15.0. The first-order chi connectivity index (χ1) is 12.1. The Morgan fingerprint density at radius 3 is 2.44 bits per heavy atom. The predicted molar refractivity (Wildman–Crippen MR) is 101 cm³/mol. The van der Waals surface area contributed by atoms with E-state index in [2.05, 4.69) is 13.1 Å². The molecule has 1 fully saturated rings. The van der Waals surface area contributed by atoms with Crippen LogP contribution in [-0.2, 0) is 4.79 Å². The minimum Gasteiger partial charge on any atom is -1.00 e. The third kappa shape index (κ3) is 4.73. The van der Waals surface area contributed by atoms with E-state index in [4.69, 9.17) is 11.6 Å². The lowest BCUT2D eigenvalue weighted by atomic mass is 10.2. The second kappa shape index (κ2) is 9.50. The first-order valence-corrected chi connectivity index (χ1v) is 9.85. The Bertz CT molecular complexity index is 813. The van der Waals surface area contributed by atoms with Gasteiger partial charge in [-0.3, -0.25) is 9.69 Å². The summed E-state index contributed by atoms with van der Waals surface area (Å²) in [7, 11) is 2.22. The molecule has 27 heavy (non-hydrogen) atoms. The summed E-state index contributed by atoms with van der Waals surface area (Å²) < 4.78 is 0. The molecule has 0 saturated carbocycles. The molecule has 2 aliphatic heterocycles. The molecule has 1 saturated heterocycles. The van der Waals surface area contributed by atoms with Crippen LogP contribution in [0.4, 0.5) is 11.4 Å². The average Bonchev–Trinajstić information content (AvgIpc) is 2.61. The van der Waals surface area contributed by atoms with E-state index in [1.54, 1.807) is 16.7 Å². The molecular formula is C19H22Cl3N3OS. The Balaban J connectivity index is 0.00000131. The number of fused-ring (bicyclic) bond motifs is 2. The number of halogens is 3. The van der Waals surface area contributed by atoms with Gasteiger partial charge in [0.2, 0.25) is 0 Å². The van der Waals surface area contributed by atoms with E-state index in [0.29, 0.717) is 11.6 Å². The van der Waals surface area contributed by atoms with Crippen LogP contribution in [0.15, 0.2) is 52.3 Å². The highest BCUT2D eigenvalue weighted by Gasteiger charge is 2.31. The molecule has 0 aromatic heterocycles. The van der Waals surface area contributed by atoms with E-state index in [9.17, 15) is 4.79 Å². The van der Waals surface area contributed by atoms with Crippen molar-refractivity contribution in [1.82, 2.24) is 0 Å². The lowest BCUT2D eigenvalue weighted by Gasteiger charge is -2.33. The van der Waals surface area contributed by atoms with Crippen LogP contribution in [0.2, 0.25) is 5.02 Å². The number of quaternary nitrogens is 2. The van der Waals surface area contributed by atoms with Crippen LogP contribution in [0.5, 0.6) is 0 Å². The number of para-hydroxylation sites is 1.